The maximum Gasteiger partial charge on any atom is 0.338 e. The van der Waals surface area contributed by atoms with E-state index in [2.05, 4.69) is 5.32 Å². The fourth-order valence-electron chi connectivity index (χ4n) is 2.28. The van der Waals surface area contributed by atoms with E-state index >= 15 is 0 Å². The van der Waals surface area contributed by atoms with Crippen LogP contribution in [0.2, 0.25) is 0 Å². The first-order chi connectivity index (χ1) is 12.4. The van der Waals surface area contributed by atoms with Gasteiger partial charge in [0.05, 0.1) is 19.3 Å². The van der Waals surface area contributed by atoms with Crippen LogP contribution in [-0.2, 0) is 11.3 Å². The van der Waals surface area contributed by atoms with Crippen molar-refractivity contribution in [2.45, 2.75) is 13.5 Å². The minimum Gasteiger partial charge on any atom is -0.494 e. The molecule has 2 aromatic carbocycles. The molecule has 0 atom stereocenters. The van der Waals surface area contributed by atoms with Crippen LogP contribution in [0.5, 0.6) is 5.75 Å². The quantitative estimate of drug-likeness (QED) is 0.798. The third kappa shape index (κ3) is 4.95. The second kappa shape index (κ2) is 8.84. The van der Waals surface area contributed by atoms with Gasteiger partial charge in [0.2, 0.25) is 0 Å². The number of carbonyl (C=O) groups excluding carboxylic acids is 2. The van der Waals surface area contributed by atoms with Crippen LogP contribution in [0.1, 0.15) is 22.8 Å². The number of ether oxygens (including phenoxy) is 2. The lowest BCUT2D eigenvalue weighted by molar-refractivity contribution is 0.0526. The number of nitrogens with zero attached hydrogens (tertiary/aromatic N) is 1. The van der Waals surface area contributed by atoms with Crippen LogP contribution < -0.4 is 10.1 Å². The average Bonchev–Trinajstić information content (AvgIpc) is 2.62. The third-order valence-corrected chi connectivity index (χ3v) is 3.63. The summed E-state index contributed by atoms with van der Waals surface area (Å²) in [5, 5.41) is 2.71. The van der Waals surface area contributed by atoms with Gasteiger partial charge in [-0.05, 0) is 48.9 Å². The Labute approximate surface area is 151 Å². The van der Waals surface area contributed by atoms with E-state index in [9.17, 15) is 14.0 Å². The van der Waals surface area contributed by atoms with Gasteiger partial charge in [-0.1, -0.05) is 6.07 Å². The molecule has 0 aliphatic carbocycles. The van der Waals surface area contributed by atoms with Crippen molar-refractivity contribution in [2.24, 2.45) is 0 Å². The fourth-order valence-corrected chi connectivity index (χ4v) is 2.28. The Bertz CT molecular complexity index is 778. The largest absolute Gasteiger partial charge is 0.494 e. The Morgan fingerprint density at radius 3 is 2.42 bits per heavy atom. The topological polar surface area (TPSA) is 67.9 Å². The molecule has 0 radical (unpaired) electrons. The van der Waals surface area contributed by atoms with Gasteiger partial charge in [0.25, 0.3) is 0 Å². The molecule has 2 amide bonds. The Kier molecular flexibility index (Phi) is 6.54. The van der Waals surface area contributed by atoms with Gasteiger partial charge in [0.15, 0.2) is 11.6 Å². The highest BCUT2D eigenvalue weighted by Gasteiger charge is 2.12. The number of benzene rings is 2. The molecular formula is C19H21FN2O4. The number of methoxy groups -OCH3 is 1. The Morgan fingerprint density at radius 1 is 1.15 bits per heavy atom. The standard InChI is InChI=1S/C19H21FN2O4/c1-4-26-18(23)14-6-8-15(9-7-14)21-19(24)22(2)12-13-5-10-17(25-3)16(20)11-13/h5-11H,4,12H2,1-3H3,(H,21,24). The van der Waals surface area contributed by atoms with Gasteiger partial charge in [-0.15, -0.1) is 0 Å². The molecule has 138 valence electrons. The first-order valence-corrected chi connectivity index (χ1v) is 8.06. The monoisotopic (exact) mass is 360 g/mol. The van der Waals surface area contributed by atoms with Crippen molar-refractivity contribution >= 4 is 17.7 Å². The summed E-state index contributed by atoms with van der Waals surface area (Å²) < 4.78 is 23.5. The van der Waals surface area contributed by atoms with Crippen LogP contribution in [0.15, 0.2) is 42.5 Å². The second-order valence-electron chi connectivity index (χ2n) is 5.55. The van der Waals surface area contributed by atoms with E-state index in [4.69, 9.17) is 9.47 Å². The van der Waals surface area contributed by atoms with Crippen LogP contribution in [0, 0.1) is 5.82 Å². The number of esters is 1. The van der Waals surface area contributed by atoms with Crippen LogP contribution in [0.4, 0.5) is 14.9 Å². The average molecular weight is 360 g/mol. The SMILES string of the molecule is CCOC(=O)c1ccc(NC(=O)N(C)Cc2ccc(OC)c(F)c2)cc1. The minimum atomic E-state index is -0.478. The van der Waals surface area contributed by atoms with Crippen LogP contribution in [-0.4, -0.2) is 37.7 Å². The van der Waals surface area contributed by atoms with Crippen molar-refractivity contribution in [2.75, 3.05) is 26.1 Å². The van der Waals surface area contributed by atoms with Crippen molar-refractivity contribution in [1.82, 2.24) is 4.90 Å². The number of hydrogen-bond acceptors (Lipinski definition) is 4. The van der Waals surface area contributed by atoms with E-state index in [0.717, 1.165) is 0 Å². The molecule has 0 saturated carbocycles. The van der Waals surface area contributed by atoms with Crippen molar-refractivity contribution in [3.63, 3.8) is 0 Å². The van der Waals surface area contributed by atoms with Crippen molar-refractivity contribution in [3.05, 3.63) is 59.4 Å². The zero-order valence-electron chi connectivity index (χ0n) is 14.9. The molecule has 0 aromatic heterocycles. The lowest BCUT2D eigenvalue weighted by Gasteiger charge is -2.18. The predicted molar refractivity (Wildman–Crippen MR) is 95.8 cm³/mol. The van der Waals surface area contributed by atoms with Gasteiger partial charge in [-0.25, -0.2) is 14.0 Å². The van der Waals surface area contributed by atoms with Gasteiger partial charge in [0.1, 0.15) is 0 Å². The summed E-state index contributed by atoms with van der Waals surface area (Å²) >= 11 is 0. The molecule has 0 aliphatic heterocycles. The van der Waals surface area contributed by atoms with Crippen molar-refractivity contribution in [3.8, 4) is 5.75 Å². The van der Waals surface area contributed by atoms with Crippen LogP contribution in [0.25, 0.3) is 0 Å². The zero-order valence-corrected chi connectivity index (χ0v) is 14.9. The number of halogens is 1. The predicted octanol–water partition coefficient (Wildman–Crippen LogP) is 3.67. The van der Waals surface area contributed by atoms with Crippen LogP contribution >= 0.6 is 0 Å². The molecule has 0 spiro atoms. The molecule has 6 nitrogen and oxygen atoms in total. The van der Waals surface area contributed by atoms with Gasteiger partial charge in [0, 0.05) is 19.3 Å². The van der Waals surface area contributed by atoms with E-state index in [1.807, 2.05) is 0 Å². The highest BCUT2D eigenvalue weighted by molar-refractivity contribution is 5.92. The minimum absolute atomic E-state index is 0.155. The van der Waals surface area contributed by atoms with Crippen LogP contribution in [0.3, 0.4) is 0 Å². The number of nitrogens with one attached hydrogen (secondary N) is 1. The molecular weight excluding hydrogens is 339 g/mol. The summed E-state index contributed by atoms with van der Waals surface area (Å²) in [6, 6.07) is 10.6. The molecule has 2 rings (SSSR count). The Morgan fingerprint density at radius 2 is 1.85 bits per heavy atom. The molecule has 0 aliphatic rings. The van der Waals surface area contributed by atoms with E-state index in [1.54, 1.807) is 44.3 Å². The molecule has 0 heterocycles. The first kappa shape index (κ1) is 19.2. The Balaban J connectivity index is 1.96. The highest BCUT2D eigenvalue weighted by Crippen LogP contribution is 2.19. The van der Waals surface area contributed by atoms with Gasteiger partial charge < -0.3 is 19.7 Å². The molecule has 0 bridgehead atoms. The molecule has 26 heavy (non-hydrogen) atoms. The number of hydrogen-bond donors (Lipinski definition) is 1. The molecule has 0 saturated heterocycles. The summed E-state index contributed by atoms with van der Waals surface area (Å²) in [7, 11) is 3.00. The highest BCUT2D eigenvalue weighted by atomic mass is 19.1. The molecule has 0 unspecified atom stereocenters. The van der Waals surface area contributed by atoms with E-state index in [1.165, 1.54) is 24.1 Å². The van der Waals surface area contributed by atoms with E-state index in [-0.39, 0.29) is 18.3 Å². The van der Waals surface area contributed by atoms with Gasteiger partial charge in [-0.3, -0.25) is 0 Å². The number of amides is 2. The summed E-state index contributed by atoms with van der Waals surface area (Å²) in [6.07, 6.45) is 0. The normalized spacial score (nSPS) is 10.2. The molecule has 2 aromatic rings. The summed E-state index contributed by atoms with van der Waals surface area (Å²) in [5.74, 6) is -0.736. The lowest BCUT2D eigenvalue weighted by atomic mass is 10.2. The summed E-state index contributed by atoms with van der Waals surface area (Å²) in [6.45, 7) is 2.26. The zero-order chi connectivity index (χ0) is 19.1. The maximum absolute atomic E-state index is 13.7. The molecule has 0 fully saturated rings. The van der Waals surface area contributed by atoms with Crippen molar-refractivity contribution in [1.29, 1.82) is 0 Å². The number of anilines is 1. The maximum atomic E-state index is 13.7. The van der Waals surface area contributed by atoms with E-state index < -0.39 is 11.8 Å². The number of rotatable bonds is 6. The van der Waals surface area contributed by atoms with Crippen molar-refractivity contribution < 1.29 is 23.5 Å². The molecule has 1 N–H and O–H groups in total. The first-order valence-electron chi connectivity index (χ1n) is 8.06. The fraction of sp³-hybridized carbons (Fsp3) is 0.263. The number of carbonyl (C=O) groups is 2. The van der Waals surface area contributed by atoms with E-state index in [0.29, 0.717) is 23.4 Å². The summed E-state index contributed by atoms with van der Waals surface area (Å²) in [5.41, 5.74) is 1.58. The summed E-state index contributed by atoms with van der Waals surface area (Å²) in [4.78, 5) is 25.3. The lowest BCUT2D eigenvalue weighted by Crippen LogP contribution is -2.30. The smallest absolute Gasteiger partial charge is 0.338 e. The Hall–Kier alpha value is -3.09. The van der Waals surface area contributed by atoms with Gasteiger partial charge in [-0.2, -0.15) is 0 Å². The third-order valence-electron chi connectivity index (χ3n) is 3.63. The number of urea groups is 1. The van der Waals surface area contributed by atoms with Gasteiger partial charge >= 0.3 is 12.0 Å². The second-order valence-corrected chi connectivity index (χ2v) is 5.55. The molecule has 7 heteroatoms.